The molecule has 1 saturated carbocycles. The van der Waals surface area contributed by atoms with Crippen LogP contribution in [0.25, 0.3) is 0 Å². The normalized spacial score (nSPS) is 26.5. The fourth-order valence-electron chi connectivity index (χ4n) is 3.30. The van der Waals surface area contributed by atoms with Crippen molar-refractivity contribution in [3.05, 3.63) is 70.7 Å². The van der Waals surface area contributed by atoms with Gasteiger partial charge >= 0.3 is 0 Å². The van der Waals surface area contributed by atoms with Crippen LogP contribution in [0.3, 0.4) is 0 Å². The van der Waals surface area contributed by atoms with Crippen molar-refractivity contribution in [3.63, 3.8) is 0 Å². The topological polar surface area (TPSA) is 26.0 Å². The molecule has 1 fully saturated rings. The van der Waals surface area contributed by atoms with Crippen molar-refractivity contribution in [2.75, 3.05) is 0 Å². The molecule has 0 saturated heterocycles. The van der Waals surface area contributed by atoms with E-state index in [0.29, 0.717) is 0 Å². The summed E-state index contributed by atoms with van der Waals surface area (Å²) in [5.74, 6) is 0. The van der Waals surface area contributed by atoms with Gasteiger partial charge in [0.1, 0.15) is 0 Å². The molecule has 0 spiro atoms. The van der Waals surface area contributed by atoms with E-state index in [1.807, 2.05) is 12.1 Å². The summed E-state index contributed by atoms with van der Waals surface area (Å²) in [5, 5.41) is 0.786. The molecule has 0 heterocycles. The van der Waals surface area contributed by atoms with Crippen LogP contribution in [0.4, 0.5) is 0 Å². The minimum absolute atomic E-state index is 0.0608. The first-order valence-corrected chi connectivity index (χ1v) is 7.16. The lowest BCUT2D eigenvalue weighted by atomic mass is 9.73. The second kappa shape index (κ2) is 4.99. The molecule has 0 amide bonds. The minimum Gasteiger partial charge on any atom is -0.328 e. The second-order valence-electron chi connectivity index (χ2n) is 5.46. The van der Waals surface area contributed by atoms with E-state index in [2.05, 4.69) is 42.5 Å². The zero-order valence-corrected chi connectivity index (χ0v) is 11.6. The molecule has 1 aliphatic rings. The third-order valence-electron chi connectivity index (χ3n) is 4.28. The van der Waals surface area contributed by atoms with Gasteiger partial charge in [-0.25, -0.2) is 0 Å². The first-order chi connectivity index (χ1) is 9.21. The highest BCUT2D eigenvalue weighted by Gasteiger charge is 2.40. The first kappa shape index (κ1) is 12.7. The summed E-state index contributed by atoms with van der Waals surface area (Å²) in [6, 6.07) is 19.2. The fourth-order valence-corrected chi connectivity index (χ4v) is 3.43. The first-order valence-electron chi connectivity index (χ1n) is 6.78. The van der Waals surface area contributed by atoms with Crippen molar-refractivity contribution >= 4 is 11.6 Å². The van der Waals surface area contributed by atoms with Crippen LogP contribution in [0.15, 0.2) is 54.6 Å². The van der Waals surface area contributed by atoms with Gasteiger partial charge in [0, 0.05) is 16.5 Å². The molecule has 2 N–H and O–H groups in total. The van der Waals surface area contributed by atoms with Gasteiger partial charge in [-0.15, -0.1) is 0 Å². The minimum atomic E-state index is 0.0608. The van der Waals surface area contributed by atoms with Gasteiger partial charge in [-0.05, 0) is 42.5 Å². The van der Waals surface area contributed by atoms with E-state index in [1.165, 1.54) is 11.1 Å². The lowest BCUT2D eigenvalue weighted by molar-refractivity contribution is 0.524. The Labute approximate surface area is 119 Å². The highest BCUT2D eigenvalue weighted by molar-refractivity contribution is 6.30. The maximum absolute atomic E-state index is 6.19. The maximum Gasteiger partial charge on any atom is 0.0406 e. The maximum atomic E-state index is 6.19. The zero-order valence-electron chi connectivity index (χ0n) is 10.9. The molecule has 3 rings (SSSR count). The van der Waals surface area contributed by atoms with Gasteiger partial charge < -0.3 is 5.73 Å². The molecule has 1 nitrogen and oxygen atoms in total. The van der Waals surface area contributed by atoms with Gasteiger partial charge in [0.25, 0.3) is 0 Å². The second-order valence-corrected chi connectivity index (χ2v) is 5.89. The molecular weight excluding hydrogens is 254 g/mol. The molecule has 2 aromatic rings. The summed E-state index contributed by atoms with van der Waals surface area (Å²) >= 11 is 6.01. The molecule has 0 unspecified atom stereocenters. The number of benzene rings is 2. The third-order valence-corrected chi connectivity index (χ3v) is 4.53. The summed E-state index contributed by atoms with van der Waals surface area (Å²) in [7, 11) is 0. The standard InChI is InChI=1S/C17H18ClN/c18-15-8-6-14(7-9-15)17(11-10-16(19)12-17)13-4-2-1-3-5-13/h1-9,16H,10-12,19H2/t16-,17-/m0/s1. The Balaban J connectivity index is 2.10. The number of hydrogen-bond donors (Lipinski definition) is 1. The molecule has 2 aromatic carbocycles. The van der Waals surface area contributed by atoms with Crippen LogP contribution in [-0.4, -0.2) is 6.04 Å². The van der Waals surface area contributed by atoms with Crippen molar-refractivity contribution in [2.24, 2.45) is 5.73 Å². The van der Waals surface area contributed by atoms with Crippen LogP contribution in [0, 0.1) is 0 Å². The van der Waals surface area contributed by atoms with E-state index < -0.39 is 0 Å². The highest BCUT2D eigenvalue weighted by atomic mass is 35.5. The molecule has 0 radical (unpaired) electrons. The quantitative estimate of drug-likeness (QED) is 0.873. The lowest BCUT2D eigenvalue weighted by Crippen LogP contribution is -2.27. The van der Waals surface area contributed by atoms with Crippen LogP contribution in [0.5, 0.6) is 0 Å². The third kappa shape index (κ3) is 2.29. The van der Waals surface area contributed by atoms with Crippen LogP contribution >= 0.6 is 11.6 Å². The monoisotopic (exact) mass is 271 g/mol. The largest absolute Gasteiger partial charge is 0.328 e. The van der Waals surface area contributed by atoms with Crippen LogP contribution in [0.2, 0.25) is 5.02 Å². The van der Waals surface area contributed by atoms with Gasteiger partial charge in [-0.3, -0.25) is 0 Å². The van der Waals surface area contributed by atoms with Gasteiger partial charge in [-0.1, -0.05) is 54.1 Å². The predicted octanol–water partition coefficient (Wildman–Crippen LogP) is 4.14. The van der Waals surface area contributed by atoms with E-state index in [4.69, 9.17) is 17.3 Å². The van der Waals surface area contributed by atoms with Crippen LogP contribution in [-0.2, 0) is 5.41 Å². The van der Waals surface area contributed by atoms with Crippen molar-refractivity contribution in [3.8, 4) is 0 Å². The number of hydrogen-bond acceptors (Lipinski definition) is 1. The Bertz CT molecular complexity index is 549. The summed E-state index contributed by atoms with van der Waals surface area (Å²) in [4.78, 5) is 0. The Morgan fingerprint density at radius 2 is 1.58 bits per heavy atom. The smallest absolute Gasteiger partial charge is 0.0406 e. The average molecular weight is 272 g/mol. The van der Waals surface area contributed by atoms with Crippen LogP contribution in [0.1, 0.15) is 30.4 Å². The number of rotatable bonds is 2. The Hall–Kier alpha value is -1.31. The molecule has 0 bridgehead atoms. The lowest BCUT2D eigenvalue weighted by Gasteiger charge is -2.31. The van der Waals surface area contributed by atoms with Crippen molar-refractivity contribution in [1.82, 2.24) is 0 Å². The Kier molecular flexibility index (Phi) is 3.34. The number of halogens is 1. The SMILES string of the molecule is N[C@H]1CC[C@](c2ccccc2)(c2ccc(Cl)cc2)C1. The van der Waals surface area contributed by atoms with Crippen molar-refractivity contribution in [2.45, 2.75) is 30.7 Å². The number of nitrogens with two attached hydrogens (primary N) is 1. The summed E-state index contributed by atoms with van der Waals surface area (Å²) < 4.78 is 0. The molecular formula is C17H18ClN. The van der Waals surface area contributed by atoms with E-state index in [1.54, 1.807) is 0 Å². The van der Waals surface area contributed by atoms with E-state index >= 15 is 0 Å². The summed E-state index contributed by atoms with van der Waals surface area (Å²) in [5.41, 5.74) is 8.95. The van der Waals surface area contributed by atoms with Gasteiger partial charge in [0.05, 0.1) is 0 Å². The molecule has 98 valence electrons. The van der Waals surface area contributed by atoms with Crippen molar-refractivity contribution in [1.29, 1.82) is 0 Å². The molecule has 1 aliphatic carbocycles. The zero-order chi connectivity index (χ0) is 13.3. The van der Waals surface area contributed by atoms with E-state index in [0.717, 1.165) is 24.3 Å². The van der Waals surface area contributed by atoms with Gasteiger partial charge in [0.2, 0.25) is 0 Å². The van der Waals surface area contributed by atoms with Gasteiger partial charge in [0.15, 0.2) is 0 Å². The van der Waals surface area contributed by atoms with Crippen molar-refractivity contribution < 1.29 is 0 Å². The summed E-state index contributed by atoms with van der Waals surface area (Å²) in [6.45, 7) is 0. The highest BCUT2D eigenvalue weighted by Crippen LogP contribution is 2.46. The Morgan fingerprint density at radius 3 is 2.16 bits per heavy atom. The summed E-state index contributed by atoms with van der Waals surface area (Å²) in [6.07, 6.45) is 3.20. The molecule has 2 heteroatoms. The van der Waals surface area contributed by atoms with E-state index in [9.17, 15) is 0 Å². The molecule has 0 aromatic heterocycles. The average Bonchev–Trinajstić information content (AvgIpc) is 2.84. The van der Waals surface area contributed by atoms with Crippen LogP contribution < -0.4 is 5.73 Å². The fraction of sp³-hybridized carbons (Fsp3) is 0.294. The predicted molar refractivity (Wildman–Crippen MR) is 80.5 cm³/mol. The molecule has 19 heavy (non-hydrogen) atoms. The molecule has 2 atom stereocenters. The Morgan fingerprint density at radius 1 is 0.947 bits per heavy atom. The van der Waals surface area contributed by atoms with Gasteiger partial charge in [-0.2, -0.15) is 0 Å². The van der Waals surface area contributed by atoms with E-state index in [-0.39, 0.29) is 11.5 Å². The molecule has 0 aliphatic heterocycles.